The van der Waals surface area contributed by atoms with Crippen LogP contribution in [0.4, 0.5) is 0 Å². The number of methoxy groups -OCH3 is 1. The molecule has 0 aromatic carbocycles. The smallest absolute Gasteiger partial charge is 0.373 e. The third-order valence-corrected chi connectivity index (χ3v) is 4.85. The second kappa shape index (κ2) is 6.22. The lowest BCUT2D eigenvalue weighted by atomic mass is 9.68. The van der Waals surface area contributed by atoms with Gasteiger partial charge in [-0.3, -0.25) is 0 Å². The van der Waals surface area contributed by atoms with Gasteiger partial charge >= 0.3 is 5.97 Å². The molecule has 21 heavy (non-hydrogen) atoms. The first-order valence-corrected chi connectivity index (χ1v) is 7.76. The predicted octanol–water partition coefficient (Wildman–Crippen LogP) is 3.92. The Bertz CT molecular complexity index is 478. The van der Waals surface area contributed by atoms with Crippen molar-refractivity contribution in [3.05, 3.63) is 23.7 Å². The number of hydrogen-bond acceptors (Lipinski definition) is 4. The molecule has 0 amide bonds. The van der Waals surface area contributed by atoms with Gasteiger partial charge in [0.1, 0.15) is 5.76 Å². The van der Waals surface area contributed by atoms with E-state index in [2.05, 4.69) is 25.5 Å². The van der Waals surface area contributed by atoms with Crippen LogP contribution >= 0.6 is 0 Å². The molecule has 1 aromatic heterocycles. The number of hydrogen-bond donors (Lipinski definition) is 1. The number of furan rings is 1. The molecule has 1 aliphatic rings. The fourth-order valence-corrected chi connectivity index (χ4v) is 3.32. The molecule has 1 saturated carbocycles. The summed E-state index contributed by atoms with van der Waals surface area (Å²) in [6.45, 7) is 6.94. The maximum atomic E-state index is 11.4. The molecular weight excluding hydrogens is 266 g/mol. The van der Waals surface area contributed by atoms with Crippen molar-refractivity contribution in [3.8, 4) is 0 Å². The van der Waals surface area contributed by atoms with Crippen LogP contribution < -0.4 is 5.73 Å². The van der Waals surface area contributed by atoms with E-state index in [1.807, 2.05) is 0 Å². The minimum absolute atomic E-state index is 0.135. The monoisotopic (exact) mass is 293 g/mol. The topological polar surface area (TPSA) is 65.5 Å². The van der Waals surface area contributed by atoms with Gasteiger partial charge in [0.05, 0.1) is 13.2 Å². The number of carbonyl (C=O) groups excluding carboxylic acids is 1. The van der Waals surface area contributed by atoms with Gasteiger partial charge in [-0.1, -0.05) is 20.8 Å². The summed E-state index contributed by atoms with van der Waals surface area (Å²) in [5.41, 5.74) is 6.71. The number of rotatable bonds is 3. The molecule has 1 heterocycles. The van der Waals surface area contributed by atoms with E-state index in [1.54, 1.807) is 12.1 Å². The number of ether oxygens (including phenoxy) is 1. The van der Waals surface area contributed by atoms with Crippen LogP contribution in [0.2, 0.25) is 0 Å². The Kier molecular flexibility index (Phi) is 4.77. The first-order chi connectivity index (χ1) is 9.82. The highest BCUT2D eigenvalue weighted by atomic mass is 16.5. The van der Waals surface area contributed by atoms with E-state index in [9.17, 15) is 4.79 Å². The third kappa shape index (κ3) is 3.67. The van der Waals surface area contributed by atoms with Crippen LogP contribution in [-0.4, -0.2) is 13.1 Å². The van der Waals surface area contributed by atoms with Gasteiger partial charge in [0.25, 0.3) is 0 Å². The summed E-state index contributed by atoms with van der Waals surface area (Å²) in [5.74, 6) is 1.66. The van der Waals surface area contributed by atoms with Gasteiger partial charge in [-0.15, -0.1) is 0 Å². The van der Waals surface area contributed by atoms with Crippen LogP contribution in [0.15, 0.2) is 16.5 Å². The van der Waals surface area contributed by atoms with Gasteiger partial charge in [-0.25, -0.2) is 4.79 Å². The van der Waals surface area contributed by atoms with Crippen molar-refractivity contribution < 1.29 is 13.9 Å². The number of nitrogens with two attached hydrogens (primary N) is 1. The highest BCUT2D eigenvalue weighted by molar-refractivity contribution is 5.86. The van der Waals surface area contributed by atoms with Gasteiger partial charge in [-0.05, 0) is 55.1 Å². The summed E-state index contributed by atoms with van der Waals surface area (Å²) in [7, 11) is 1.35. The molecule has 118 valence electrons. The zero-order valence-corrected chi connectivity index (χ0v) is 13.5. The first kappa shape index (κ1) is 16.1. The van der Waals surface area contributed by atoms with E-state index >= 15 is 0 Å². The van der Waals surface area contributed by atoms with Crippen LogP contribution in [0.25, 0.3) is 0 Å². The predicted molar refractivity (Wildman–Crippen MR) is 81.9 cm³/mol. The molecular formula is C17H27NO3. The van der Waals surface area contributed by atoms with Gasteiger partial charge in [0.2, 0.25) is 5.76 Å². The SMILES string of the molecule is COC(=O)c1ccc(C(N)C2CCC(C(C)(C)C)CC2)o1. The van der Waals surface area contributed by atoms with E-state index in [1.165, 1.54) is 20.0 Å². The minimum atomic E-state index is -0.454. The lowest BCUT2D eigenvalue weighted by molar-refractivity contribution is 0.0560. The molecule has 2 rings (SSSR count). The first-order valence-electron chi connectivity index (χ1n) is 7.76. The van der Waals surface area contributed by atoms with E-state index in [0.29, 0.717) is 17.1 Å². The van der Waals surface area contributed by atoms with Gasteiger partial charge in [0, 0.05) is 0 Å². The Morgan fingerprint density at radius 3 is 2.43 bits per heavy atom. The second-order valence-corrected chi connectivity index (χ2v) is 7.20. The molecule has 4 heteroatoms. The molecule has 0 spiro atoms. The quantitative estimate of drug-likeness (QED) is 0.858. The van der Waals surface area contributed by atoms with Gasteiger partial charge in [0.15, 0.2) is 0 Å². The van der Waals surface area contributed by atoms with E-state index in [4.69, 9.17) is 10.2 Å². The van der Waals surface area contributed by atoms with Crippen molar-refractivity contribution in [1.29, 1.82) is 0 Å². The fraction of sp³-hybridized carbons (Fsp3) is 0.706. The zero-order valence-electron chi connectivity index (χ0n) is 13.5. The maximum absolute atomic E-state index is 11.4. The molecule has 1 unspecified atom stereocenters. The average molecular weight is 293 g/mol. The molecule has 0 radical (unpaired) electrons. The van der Waals surface area contributed by atoms with Crippen molar-refractivity contribution in [3.63, 3.8) is 0 Å². The summed E-state index contributed by atoms with van der Waals surface area (Å²) < 4.78 is 10.2. The summed E-state index contributed by atoms with van der Waals surface area (Å²) in [4.78, 5) is 11.4. The van der Waals surface area contributed by atoms with Gasteiger partial charge < -0.3 is 14.9 Å². The molecule has 4 nitrogen and oxygen atoms in total. The molecule has 1 aliphatic carbocycles. The minimum Gasteiger partial charge on any atom is -0.463 e. The molecule has 1 atom stereocenters. The maximum Gasteiger partial charge on any atom is 0.373 e. The highest BCUT2D eigenvalue weighted by Crippen LogP contribution is 2.42. The van der Waals surface area contributed by atoms with Crippen LogP contribution in [-0.2, 0) is 4.74 Å². The Morgan fingerprint density at radius 1 is 1.29 bits per heavy atom. The van der Waals surface area contributed by atoms with Crippen molar-refractivity contribution in [1.82, 2.24) is 0 Å². The second-order valence-electron chi connectivity index (χ2n) is 7.20. The molecule has 0 saturated heterocycles. The summed E-state index contributed by atoms with van der Waals surface area (Å²) >= 11 is 0. The summed E-state index contributed by atoms with van der Waals surface area (Å²) in [6.07, 6.45) is 4.67. The van der Waals surface area contributed by atoms with Crippen molar-refractivity contribution in [2.45, 2.75) is 52.5 Å². The molecule has 1 fully saturated rings. The van der Waals surface area contributed by atoms with E-state index in [-0.39, 0.29) is 11.8 Å². The molecule has 0 aliphatic heterocycles. The largest absolute Gasteiger partial charge is 0.463 e. The number of esters is 1. The van der Waals surface area contributed by atoms with Crippen LogP contribution in [0.3, 0.4) is 0 Å². The third-order valence-electron chi connectivity index (χ3n) is 4.85. The fourth-order valence-electron chi connectivity index (χ4n) is 3.32. The van der Waals surface area contributed by atoms with Crippen LogP contribution in [0.1, 0.15) is 68.8 Å². The average Bonchev–Trinajstić information content (AvgIpc) is 2.94. The lowest BCUT2D eigenvalue weighted by Crippen LogP contribution is -2.30. The normalized spacial score (nSPS) is 24.6. The van der Waals surface area contributed by atoms with E-state index in [0.717, 1.165) is 18.8 Å². The van der Waals surface area contributed by atoms with Gasteiger partial charge in [-0.2, -0.15) is 0 Å². The Labute approximate surface area is 127 Å². The summed E-state index contributed by atoms with van der Waals surface area (Å²) in [6, 6.07) is 3.30. The van der Waals surface area contributed by atoms with Crippen LogP contribution in [0.5, 0.6) is 0 Å². The zero-order chi connectivity index (χ0) is 15.6. The molecule has 0 bridgehead atoms. The summed E-state index contributed by atoms with van der Waals surface area (Å²) in [5, 5.41) is 0. The Balaban J connectivity index is 1.97. The Hall–Kier alpha value is -1.29. The van der Waals surface area contributed by atoms with Crippen molar-refractivity contribution >= 4 is 5.97 Å². The van der Waals surface area contributed by atoms with Crippen molar-refractivity contribution in [2.75, 3.05) is 7.11 Å². The van der Waals surface area contributed by atoms with Crippen LogP contribution in [0, 0.1) is 17.3 Å². The molecule has 1 aromatic rings. The van der Waals surface area contributed by atoms with Crippen molar-refractivity contribution in [2.24, 2.45) is 23.0 Å². The lowest BCUT2D eigenvalue weighted by Gasteiger charge is -2.38. The standard InChI is InChI=1S/C17H27NO3/c1-17(2,3)12-7-5-11(6-8-12)15(18)13-9-10-14(21-13)16(19)20-4/h9-12,15H,5-8,18H2,1-4H3. The Morgan fingerprint density at radius 2 is 1.90 bits per heavy atom. The molecule has 2 N–H and O–H groups in total. The van der Waals surface area contributed by atoms with E-state index < -0.39 is 5.97 Å². The number of carbonyl (C=O) groups is 1. The highest BCUT2D eigenvalue weighted by Gasteiger charge is 2.33.